The van der Waals surface area contributed by atoms with Gasteiger partial charge in [-0.2, -0.15) is 0 Å². The maximum Gasteiger partial charge on any atom is 0.139 e. The van der Waals surface area contributed by atoms with Crippen molar-refractivity contribution in [2.24, 2.45) is 0 Å². The molecule has 0 amide bonds. The molecule has 0 spiro atoms. The monoisotopic (exact) mass is 305 g/mol. The quantitative estimate of drug-likeness (QED) is 0.861. The first-order valence-electron chi connectivity index (χ1n) is 5.49. The Balaban J connectivity index is 2.65. The average molecular weight is 307 g/mol. The van der Waals surface area contributed by atoms with Crippen molar-refractivity contribution in [1.82, 2.24) is 5.32 Å². The molecule has 0 fully saturated rings. The number of halogens is 2. The van der Waals surface area contributed by atoms with Gasteiger partial charge in [0.25, 0.3) is 0 Å². The van der Waals surface area contributed by atoms with E-state index < -0.39 is 0 Å². The fourth-order valence-corrected chi connectivity index (χ4v) is 1.82. The summed E-state index contributed by atoms with van der Waals surface area (Å²) in [5, 5.41) is 3.92. The van der Waals surface area contributed by atoms with Gasteiger partial charge in [-0.3, -0.25) is 0 Å². The van der Waals surface area contributed by atoms with E-state index in [0.717, 1.165) is 29.7 Å². The Morgan fingerprint density at radius 2 is 2.19 bits per heavy atom. The summed E-state index contributed by atoms with van der Waals surface area (Å²) >= 11 is 9.47. The molecular formula is C12H17BrClNO. The van der Waals surface area contributed by atoms with Crippen LogP contribution in [-0.2, 0) is 0 Å². The highest BCUT2D eigenvalue weighted by Crippen LogP contribution is 2.28. The van der Waals surface area contributed by atoms with Crippen LogP contribution in [0.4, 0.5) is 0 Å². The lowest BCUT2D eigenvalue weighted by Gasteiger charge is -2.18. The van der Waals surface area contributed by atoms with Crippen molar-refractivity contribution < 1.29 is 4.74 Å². The molecule has 0 bridgehead atoms. The third-order valence-corrected chi connectivity index (χ3v) is 3.07. The van der Waals surface area contributed by atoms with Crippen LogP contribution in [0.2, 0.25) is 5.02 Å². The molecule has 1 N–H and O–H groups in total. The first-order valence-corrected chi connectivity index (χ1v) is 6.66. The molecule has 0 aliphatic carbocycles. The van der Waals surface area contributed by atoms with Gasteiger partial charge in [0.2, 0.25) is 0 Å². The van der Waals surface area contributed by atoms with Crippen LogP contribution in [0.25, 0.3) is 0 Å². The minimum atomic E-state index is 0.159. The zero-order valence-corrected chi connectivity index (χ0v) is 11.9. The molecule has 1 aromatic carbocycles. The Kier molecular flexibility index (Phi) is 6.17. The minimum Gasteiger partial charge on any atom is -0.488 e. The van der Waals surface area contributed by atoms with Gasteiger partial charge in [0, 0.05) is 11.0 Å². The standard InChI is InChI=1S/C12H17BrClNO/c1-3-10(8-15-4-2)16-12-7-9(13)5-6-11(12)14/h5-7,10,15H,3-4,8H2,1-2H3. The van der Waals surface area contributed by atoms with Gasteiger partial charge < -0.3 is 10.1 Å². The fraction of sp³-hybridized carbons (Fsp3) is 0.500. The Morgan fingerprint density at radius 1 is 1.44 bits per heavy atom. The van der Waals surface area contributed by atoms with E-state index in [9.17, 15) is 0 Å². The molecule has 4 heteroatoms. The molecule has 0 radical (unpaired) electrons. The van der Waals surface area contributed by atoms with Gasteiger partial charge in [0.05, 0.1) is 5.02 Å². The molecule has 0 saturated heterocycles. The molecule has 1 aromatic rings. The average Bonchev–Trinajstić information content (AvgIpc) is 2.28. The van der Waals surface area contributed by atoms with Crippen molar-refractivity contribution >= 4 is 27.5 Å². The van der Waals surface area contributed by atoms with Crippen LogP contribution in [0.1, 0.15) is 20.3 Å². The van der Waals surface area contributed by atoms with Gasteiger partial charge >= 0.3 is 0 Å². The van der Waals surface area contributed by atoms with Gasteiger partial charge in [-0.05, 0) is 31.2 Å². The van der Waals surface area contributed by atoms with E-state index in [0.29, 0.717) is 5.02 Å². The predicted molar refractivity (Wildman–Crippen MR) is 72.4 cm³/mol. The zero-order valence-electron chi connectivity index (χ0n) is 9.59. The molecule has 1 rings (SSSR count). The van der Waals surface area contributed by atoms with Crippen LogP contribution in [0.3, 0.4) is 0 Å². The van der Waals surface area contributed by atoms with Crippen molar-refractivity contribution in [2.45, 2.75) is 26.4 Å². The third kappa shape index (κ3) is 4.32. The van der Waals surface area contributed by atoms with Gasteiger partial charge in [0.1, 0.15) is 11.9 Å². The first-order chi connectivity index (χ1) is 7.67. The van der Waals surface area contributed by atoms with Crippen molar-refractivity contribution in [2.75, 3.05) is 13.1 Å². The van der Waals surface area contributed by atoms with Crippen LogP contribution in [-0.4, -0.2) is 19.2 Å². The van der Waals surface area contributed by atoms with Crippen molar-refractivity contribution in [3.63, 3.8) is 0 Å². The Hall–Kier alpha value is -0.250. The summed E-state index contributed by atoms with van der Waals surface area (Å²) < 4.78 is 6.83. The van der Waals surface area contributed by atoms with Crippen molar-refractivity contribution in [1.29, 1.82) is 0 Å². The molecule has 1 unspecified atom stereocenters. The van der Waals surface area contributed by atoms with Crippen molar-refractivity contribution in [3.8, 4) is 5.75 Å². The lowest BCUT2D eigenvalue weighted by molar-refractivity contribution is 0.194. The van der Waals surface area contributed by atoms with Crippen LogP contribution >= 0.6 is 27.5 Å². The maximum atomic E-state index is 6.07. The van der Waals surface area contributed by atoms with E-state index in [4.69, 9.17) is 16.3 Å². The van der Waals surface area contributed by atoms with Crippen molar-refractivity contribution in [3.05, 3.63) is 27.7 Å². The molecule has 0 aliphatic heterocycles. The molecule has 90 valence electrons. The molecule has 0 aliphatic rings. The van der Waals surface area contributed by atoms with Crippen LogP contribution in [0.5, 0.6) is 5.75 Å². The highest BCUT2D eigenvalue weighted by atomic mass is 79.9. The molecule has 2 nitrogen and oxygen atoms in total. The number of rotatable bonds is 6. The Bertz CT molecular complexity index is 333. The second kappa shape index (κ2) is 7.15. The van der Waals surface area contributed by atoms with Gasteiger partial charge in [0.15, 0.2) is 0 Å². The molecule has 0 heterocycles. The zero-order chi connectivity index (χ0) is 12.0. The molecular weight excluding hydrogens is 289 g/mol. The molecule has 0 saturated carbocycles. The molecule has 1 atom stereocenters. The summed E-state index contributed by atoms with van der Waals surface area (Å²) in [5.41, 5.74) is 0. The summed E-state index contributed by atoms with van der Waals surface area (Å²) in [4.78, 5) is 0. The Morgan fingerprint density at radius 3 is 2.81 bits per heavy atom. The van der Waals surface area contributed by atoms with E-state index in [1.54, 1.807) is 0 Å². The van der Waals surface area contributed by atoms with E-state index in [1.165, 1.54) is 0 Å². The lowest BCUT2D eigenvalue weighted by Crippen LogP contribution is -2.30. The summed E-state index contributed by atoms with van der Waals surface area (Å²) in [7, 11) is 0. The maximum absolute atomic E-state index is 6.07. The van der Waals surface area contributed by atoms with E-state index in [2.05, 4.69) is 35.1 Å². The number of hydrogen-bond acceptors (Lipinski definition) is 2. The second-order valence-corrected chi connectivity index (χ2v) is 4.85. The van der Waals surface area contributed by atoms with Gasteiger partial charge in [-0.15, -0.1) is 0 Å². The van der Waals surface area contributed by atoms with Gasteiger partial charge in [-0.25, -0.2) is 0 Å². The predicted octanol–water partition coefficient (Wildman–Crippen LogP) is 3.87. The van der Waals surface area contributed by atoms with Gasteiger partial charge in [-0.1, -0.05) is 41.4 Å². The molecule has 0 aromatic heterocycles. The highest BCUT2D eigenvalue weighted by molar-refractivity contribution is 9.10. The largest absolute Gasteiger partial charge is 0.488 e. The number of ether oxygens (including phenoxy) is 1. The van der Waals surface area contributed by atoms with Crippen LogP contribution < -0.4 is 10.1 Å². The second-order valence-electron chi connectivity index (χ2n) is 3.53. The van der Waals surface area contributed by atoms with Crippen LogP contribution in [0.15, 0.2) is 22.7 Å². The first kappa shape index (κ1) is 13.8. The number of benzene rings is 1. The number of likely N-dealkylation sites (N-methyl/N-ethyl adjacent to an activating group) is 1. The highest BCUT2D eigenvalue weighted by Gasteiger charge is 2.10. The number of hydrogen-bond donors (Lipinski definition) is 1. The minimum absolute atomic E-state index is 0.159. The number of nitrogens with one attached hydrogen (secondary N) is 1. The topological polar surface area (TPSA) is 21.3 Å². The smallest absolute Gasteiger partial charge is 0.139 e. The lowest BCUT2D eigenvalue weighted by atomic mass is 10.2. The summed E-state index contributed by atoms with van der Waals surface area (Å²) in [6.07, 6.45) is 1.11. The Labute approximate surface area is 110 Å². The summed E-state index contributed by atoms with van der Waals surface area (Å²) in [6, 6.07) is 5.64. The van der Waals surface area contributed by atoms with E-state index in [1.807, 2.05) is 18.2 Å². The SMILES string of the molecule is CCNCC(CC)Oc1cc(Br)ccc1Cl. The third-order valence-electron chi connectivity index (χ3n) is 2.26. The molecule has 16 heavy (non-hydrogen) atoms. The van der Waals surface area contributed by atoms with Crippen LogP contribution in [0, 0.1) is 0 Å². The normalized spacial score (nSPS) is 12.5. The van der Waals surface area contributed by atoms with E-state index in [-0.39, 0.29) is 6.10 Å². The fourth-order valence-electron chi connectivity index (χ4n) is 1.32. The van der Waals surface area contributed by atoms with E-state index >= 15 is 0 Å². The summed E-state index contributed by atoms with van der Waals surface area (Å²) in [6.45, 7) is 5.98. The summed E-state index contributed by atoms with van der Waals surface area (Å²) in [5.74, 6) is 0.737.